The predicted molar refractivity (Wildman–Crippen MR) is 63.1 cm³/mol. The Morgan fingerprint density at radius 1 is 1.41 bits per heavy atom. The highest BCUT2D eigenvalue weighted by atomic mass is 32.2. The van der Waals surface area contributed by atoms with E-state index in [1.165, 1.54) is 0 Å². The largest absolute Gasteiger partial charge is 0.477 e. The van der Waals surface area contributed by atoms with Gasteiger partial charge in [0.15, 0.2) is 6.61 Å². The number of nitrogens with zero attached hydrogens (tertiary/aromatic N) is 1. The highest BCUT2D eigenvalue weighted by molar-refractivity contribution is 7.93. The summed E-state index contributed by atoms with van der Waals surface area (Å²) in [5.41, 5.74) is 0.384. The minimum Gasteiger partial charge on any atom is -0.477 e. The zero-order valence-corrected chi connectivity index (χ0v) is 9.90. The fourth-order valence-electron chi connectivity index (χ4n) is 1.40. The van der Waals surface area contributed by atoms with Crippen LogP contribution in [0.25, 0.3) is 0 Å². The van der Waals surface area contributed by atoms with Crippen molar-refractivity contribution in [3.8, 4) is 11.8 Å². The molecule has 0 unspecified atom stereocenters. The van der Waals surface area contributed by atoms with E-state index in [2.05, 4.69) is 4.72 Å². The van der Waals surface area contributed by atoms with Crippen molar-refractivity contribution in [1.29, 1.82) is 5.26 Å². The van der Waals surface area contributed by atoms with E-state index in [4.69, 9.17) is 10.00 Å². The van der Waals surface area contributed by atoms with E-state index >= 15 is 0 Å². The minimum absolute atomic E-state index is 0.109. The Balaban J connectivity index is 2.17. The van der Waals surface area contributed by atoms with Gasteiger partial charge in [-0.15, -0.1) is 0 Å². The first-order valence-corrected chi connectivity index (χ1v) is 6.78. The van der Waals surface area contributed by atoms with Crippen molar-refractivity contribution in [3.63, 3.8) is 0 Å². The van der Waals surface area contributed by atoms with E-state index in [1.807, 2.05) is 6.07 Å². The van der Waals surface area contributed by atoms with Crippen LogP contribution < -0.4 is 9.46 Å². The summed E-state index contributed by atoms with van der Waals surface area (Å²) in [7, 11) is -3.30. The monoisotopic (exact) mass is 252 g/mol. The first kappa shape index (κ1) is 11.7. The Morgan fingerprint density at radius 3 is 2.76 bits per heavy atom. The van der Waals surface area contributed by atoms with Gasteiger partial charge in [-0.3, -0.25) is 4.72 Å². The summed E-state index contributed by atoms with van der Waals surface area (Å²) in [6, 6.07) is 8.52. The van der Waals surface area contributed by atoms with E-state index in [-0.39, 0.29) is 11.9 Å². The van der Waals surface area contributed by atoms with Gasteiger partial charge in [-0.2, -0.15) is 5.26 Å². The van der Waals surface area contributed by atoms with Gasteiger partial charge in [-0.05, 0) is 25.0 Å². The number of sulfonamides is 1. The molecule has 90 valence electrons. The molecule has 1 aromatic rings. The summed E-state index contributed by atoms with van der Waals surface area (Å²) in [6.07, 6.45) is 1.41. The molecule has 0 spiro atoms. The fraction of sp³-hybridized carbons (Fsp3) is 0.364. The lowest BCUT2D eigenvalue weighted by atomic mass is 10.3. The van der Waals surface area contributed by atoms with Crippen LogP contribution in [0, 0.1) is 11.3 Å². The molecule has 0 bridgehead atoms. The standard InChI is InChI=1S/C11H12N2O3S/c12-7-8-16-11-4-2-1-3-10(11)13-17(14,15)9-5-6-9/h1-4,9,13H,5-6,8H2. The van der Waals surface area contributed by atoms with E-state index in [1.54, 1.807) is 24.3 Å². The lowest BCUT2D eigenvalue weighted by Crippen LogP contribution is -2.17. The average Bonchev–Trinajstić information content (AvgIpc) is 3.11. The SMILES string of the molecule is N#CCOc1ccccc1NS(=O)(=O)C1CC1. The summed E-state index contributed by atoms with van der Waals surface area (Å²) in [4.78, 5) is 0. The fourth-order valence-corrected chi connectivity index (χ4v) is 2.80. The Morgan fingerprint density at radius 2 is 2.12 bits per heavy atom. The normalized spacial score (nSPS) is 15.0. The highest BCUT2D eigenvalue weighted by Crippen LogP contribution is 2.32. The molecular formula is C11H12N2O3S. The molecule has 6 heteroatoms. The smallest absolute Gasteiger partial charge is 0.235 e. The average molecular weight is 252 g/mol. The molecule has 1 saturated carbocycles. The molecule has 1 aliphatic rings. The number of para-hydroxylation sites is 2. The molecule has 1 fully saturated rings. The number of hydrogen-bond acceptors (Lipinski definition) is 4. The van der Waals surface area contributed by atoms with Crippen LogP contribution in [-0.4, -0.2) is 20.3 Å². The third-order valence-corrected chi connectivity index (χ3v) is 4.25. The molecule has 2 rings (SSSR count). The second-order valence-electron chi connectivity index (χ2n) is 3.79. The summed E-state index contributed by atoms with van der Waals surface area (Å²) in [6.45, 7) is -0.109. The number of nitriles is 1. The molecule has 17 heavy (non-hydrogen) atoms. The van der Waals surface area contributed by atoms with Crippen LogP contribution in [0.4, 0.5) is 5.69 Å². The van der Waals surface area contributed by atoms with Gasteiger partial charge in [-0.1, -0.05) is 12.1 Å². The maximum Gasteiger partial charge on any atom is 0.235 e. The molecule has 1 N–H and O–H groups in total. The van der Waals surface area contributed by atoms with Crippen molar-refractivity contribution < 1.29 is 13.2 Å². The highest BCUT2D eigenvalue weighted by Gasteiger charge is 2.36. The van der Waals surface area contributed by atoms with E-state index in [0.29, 0.717) is 24.3 Å². The van der Waals surface area contributed by atoms with E-state index in [9.17, 15) is 8.42 Å². The molecule has 1 aliphatic carbocycles. The van der Waals surface area contributed by atoms with Gasteiger partial charge in [0.25, 0.3) is 0 Å². The van der Waals surface area contributed by atoms with Crippen molar-refractivity contribution in [2.75, 3.05) is 11.3 Å². The number of nitrogens with one attached hydrogen (secondary N) is 1. The molecule has 0 heterocycles. The van der Waals surface area contributed by atoms with Crippen LogP contribution in [0.3, 0.4) is 0 Å². The molecule has 0 atom stereocenters. The number of benzene rings is 1. The van der Waals surface area contributed by atoms with Gasteiger partial charge >= 0.3 is 0 Å². The van der Waals surface area contributed by atoms with Gasteiger partial charge < -0.3 is 4.74 Å². The van der Waals surface area contributed by atoms with Crippen LogP contribution >= 0.6 is 0 Å². The molecule has 0 aliphatic heterocycles. The van der Waals surface area contributed by atoms with Gasteiger partial charge in [0.05, 0.1) is 10.9 Å². The van der Waals surface area contributed by atoms with Crippen LogP contribution in [0.1, 0.15) is 12.8 Å². The number of anilines is 1. The van der Waals surface area contributed by atoms with E-state index in [0.717, 1.165) is 0 Å². The number of hydrogen-bond donors (Lipinski definition) is 1. The molecule has 5 nitrogen and oxygen atoms in total. The quantitative estimate of drug-likeness (QED) is 0.861. The van der Waals surface area contributed by atoms with Crippen LogP contribution in [0.2, 0.25) is 0 Å². The zero-order valence-electron chi connectivity index (χ0n) is 9.09. The lowest BCUT2D eigenvalue weighted by Gasteiger charge is -2.11. The maximum atomic E-state index is 11.8. The molecule has 1 aromatic carbocycles. The Bertz CT molecular complexity index is 544. The first-order valence-electron chi connectivity index (χ1n) is 5.24. The van der Waals surface area contributed by atoms with Crippen molar-refractivity contribution in [1.82, 2.24) is 0 Å². The first-order chi connectivity index (χ1) is 8.13. The second-order valence-corrected chi connectivity index (χ2v) is 5.75. The number of ether oxygens (including phenoxy) is 1. The van der Waals surface area contributed by atoms with Crippen molar-refractivity contribution >= 4 is 15.7 Å². The lowest BCUT2D eigenvalue weighted by molar-refractivity contribution is 0.370. The summed E-state index contributed by atoms with van der Waals surface area (Å²) in [5, 5.41) is 8.15. The zero-order chi connectivity index (χ0) is 12.3. The van der Waals surface area contributed by atoms with Crippen molar-refractivity contribution in [3.05, 3.63) is 24.3 Å². The van der Waals surface area contributed by atoms with Crippen LogP contribution in [-0.2, 0) is 10.0 Å². The molecule has 0 aromatic heterocycles. The Labute approximate surface area is 100 Å². The Kier molecular flexibility index (Phi) is 3.20. The van der Waals surface area contributed by atoms with E-state index < -0.39 is 10.0 Å². The second kappa shape index (κ2) is 4.63. The molecule has 0 saturated heterocycles. The van der Waals surface area contributed by atoms with Crippen molar-refractivity contribution in [2.45, 2.75) is 18.1 Å². The summed E-state index contributed by atoms with van der Waals surface area (Å²) < 4.78 is 31.2. The third-order valence-electron chi connectivity index (χ3n) is 2.39. The van der Waals surface area contributed by atoms with Crippen LogP contribution in [0.15, 0.2) is 24.3 Å². The van der Waals surface area contributed by atoms with Crippen molar-refractivity contribution in [2.24, 2.45) is 0 Å². The maximum absolute atomic E-state index is 11.8. The van der Waals surface area contributed by atoms with Crippen LogP contribution in [0.5, 0.6) is 5.75 Å². The summed E-state index contributed by atoms with van der Waals surface area (Å²) >= 11 is 0. The number of rotatable bonds is 5. The van der Waals surface area contributed by atoms with Gasteiger partial charge in [0, 0.05) is 0 Å². The predicted octanol–water partition coefficient (Wildman–Crippen LogP) is 1.49. The molecule has 0 amide bonds. The summed E-state index contributed by atoms with van der Waals surface area (Å²) in [5.74, 6) is 0.373. The minimum atomic E-state index is -3.30. The van der Waals surface area contributed by atoms with Gasteiger partial charge in [0.2, 0.25) is 10.0 Å². The molecular weight excluding hydrogens is 240 g/mol. The molecule has 0 radical (unpaired) electrons. The topological polar surface area (TPSA) is 79.2 Å². The van der Waals surface area contributed by atoms with Gasteiger partial charge in [-0.25, -0.2) is 8.42 Å². The Hall–Kier alpha value is -1.74. The third kappa shape index (κ3) is 2.88. The van der Waals surface area contributed by atoms with Gasteiger partial charge in [0.1, 0.15) is 11.8 Å².